The fourth-order valence-electron chi connectivity index (χ4n) is 3.89. The Hall–Kier alpha value is -1.16. The lowest BCUT2D eigenvalue weighted by atomic mass is 9.85. The molecule has 0 radical (unpaired) electrons. The summed E-state index contributed by atoms with van der Waals surface area (Å²) < 4.78 is 0. The summed E-state index contributed by atoms with van der Waals surface area (Å²) in [7, 11) is 0. The fraction of sp³-hybridized carbons (Fsp3) is 0.733. The normalized spacial score (nSPS) is 36.5. The molecule has 2 aliphatic carbocycles. The first-order chi connectivity index (χ1) is 9.00. The Morgan fingerprint density at radius 1 is 1.16 bits per heavy atom. The van der Waals surface area contributed by atoms with Gasteiger partial charge in [0, 0.05) is 0 Å². The van der Waals surface area contributed by atoms with Gasteiger partial charge in [0.2, 0.25) is 11.8 Å². The third-order valence-corrected chi connectivity index (χ3v) is 5.33. The fourth-order valence-corrected chi connectivity index (χ4v) is 3.89. The molecule has 104 valence electrons. The molecule has 1 N–H and O–H groups in total. The van der Waals surface area contributed by atoms with Crippen LogP contribution in [0.2, 0.25) is 0 Å². The van der Waals surface area contributed by atoms with Crippen molar-refractivity contribution in [2.24, 2.45) is 23.7 Å². The molecule has 3 rings (SSSR count). The zero-order chi connectivity index (χ0) is 13.8. The number of nitrogens with zero attached hydrogens (tertiary/aromatic N) is 1. The molecule has 2 amide bonds. The molecule has 2 fully saturated rings. The second-order valence-electron chi connectivity index (χ2n) is 6.19. The molecular formula is C15H21NO3. The molecule has 0 aromatic carbocycles. The summed E-state index contributed by atoms with van der Waals surface area (Å²) in [6.45, 7) is 3.94. The van der Waals surface area contributed by atoms with Gasteiger partial charge >= 0.3 is 0 Å². The molecule has 0 aromatic heterocycles. The van der Waals surface area contributed by atoms with Gasteiger partial charge in [-0.25, -0.2) is 0 Å². The molecule has 1 heterocycles. The number of carbonyl (C=O) groups is 2. The summed E-state index contributed by atoms with van der Waals surface area (Å²) >= 11 is 0. The van der Waals surface area contributed by atoms with Crippen LogP contribution in [0.5, 0.6) is 0 Å². The van der Waals surface area contributed by atoms with Gasteiger partial charge in [-0.05, 0) is 31.1 Å². The molecule has 2 bridgehead atoms. The molecule has 19 heavy (non-hydrogen) atoms. The summed E-state index contributed by atoms with van der Waals surface area (Å²) in [6.07, 6.45) is 6.24. The maximum absolute atomic E-state index is 12.5. The average Bonchev–Trinajstić information content (AvgIpc) is 3.08. The van der Waals surface area contributed by atoms with Crippen molar-refractivity contribution in [2.75, 3.05) is 6.54 Å². The van der Waals surface area contributed by atoms with E-state index in [-0.39, 0.29) is 42.0 Å². The van der Waals surface area contributed by atoms with Crippen LogP contribution < -0.4 is 0 Å². The lowest BCUT2D eigenvalue weighted by Gasteiger charge is -2.30. The number of rotatable bonds is 4. The number of aliphatic hydroxyl groups is 1. The Labute approximate surface area is 113 Å². The highest BCUT2D eigenvalue weighted by Crippen LogP contribution is 2.52. The van der Waals surface area contributed by atoms with Crippen LogP contribution in [0.4, 0.5) is 0 Å². The zero-order valence-corrected chi connectivity index (χ0v) is 11.5. The first kappa shape index (κ1) is 12.9. The van der Waals surface area contributed by atoms with Crippen LogP contribution in [-0.4, -0.2) is 34.0 Å². The summed E-state index contributed by atoms with van der Waals surface area (Å²) in [5.41, 5.74) is -0.934. The van der Waals surface area contributed by atoms with E-state index in [1.165, 1.54) is 4.90 Å². The van der Waals surface area contributed by atoms with Gasteiger partial charge in [0.25, 0.3) is 0 Å². The van der Waals surface area contributed by atoms with Gasteiger partial charge in [-0.1, -0.05) is 26.0 Å². The van der Waals surface area contributed by atoms with Crippen LogP contribution in [0.15, 0.2) is 12.2 Å². The highest BCUT2D eigenvalue weighted by atomic mass is 16.3. The van der Waals surface area contributed by atoms with Crippen molar-refractivity contribution in [2.45, 2.75) is 38.7 Å². The van der Waals surface area contributed by atoms with Gasteiger partial charge in [-0.15, -0.1) is 0 Å². The number of amides is 2. The van der Waals surface area contributed by atoms with Gasteiger partial charge in [-0.3, -0.25) is 14.5 Å². The third-order valence-electron chi connectivity index (χ3n) is 5.33. The van der Waals surface area contributed by atoms with Gasteiger partial charge in [0.15, 0.2) is 0 Å². The molecule has 3 aliphatic rings. The highest BCUT2D eigenvalue weighted by molar-refractivity contribution is 6.06. The predicted molar refractivity (Wildman–Crippen MR) is 70.0 cm³/mol. The van der Waals surface area contributed by atoms with E-state index in [2.05, 4.69) is 12.2 Å². The van der Waals surface area contributed by atoms with Gasteiger partial charge in [0.05, 0.1) is 24.0 Å². The Bertz CT molecular complexity index is 422. The van der Waals surface area contributed by atoms with Crippen LogP contribution in [0.1, 0.15) is 33.1 Å². The standard InChI is InChI=1S/C15H21NO3/c1-3-15(19,4-2)8-16-13(17)11-9-5-6-10(7-9)12(11)14(16)18/h5-6,9-12,19H,3-4,7-8H2,1-2H3. The van der Waals surface area contributed by atoms with E-state index < -0.39 is 5.60 Å². The minimum atomic E-state index is -0.934. The molecule has 1 aliphatic heterocycles. The van der Waals surface area contributed by atoms with E-state index >= 15 is 0 Å². The quantitative estimate of drug-likeness (QED) is 0.615. The summed E-state index contributed by atoms with van der Waals surface area (Å²) in [5, 5.41) is 10.4. The highest BCUT2D eigenvalue weighted by Gasteiger charge is 2.59. The van der Waals surface area contributed by atoms with Crippen molar-refractivity contribution in [3.8, 4) is 0 Å². The van der Waals surface area contributed by atoms with Crippen molar-refractivity contribution in [3.63, 3.8) is 0 Å². The number of hydrogen-bond donors (Lipinski definition) is 1. The number of β-amino-alcohol motifs (C(OH)–C–C–N with tert-alkyl or cyclic N) is 1. The van der Waals surface area contributed by atoms with E-state index in [0.717, 1.165) is 6.42 Å². The van der Waals surface area contributed by atoms with Crippen LogP contribution in [0, 0.1) is 23.7 Å². The Balaban J connectivity index is 1.83. The van der Waals surface area contributed by atoms with Crippen LogP contribution in [0.25, 0.3) is 0 Å². The topological polar surface area (TPSA) is 57.6 Å². The van der Waals surface area contributed by atoms with Gasteiger partial charge in [0.1, 0.15) is 0 Å². The SMILES string of the molecule is CCC(O)(CC)CN1C(=O)C2C3C=CC(C3)C2C1=O. The third kappa shape index (κ3) is 1.69. The summed E-state index contributed by atoms with van der Waals surface area (Å²) in [6, 6.07) is 0. The number of allylic oxidation sites excluding steroid dienone is 2. The second-order valence-corrected chi connectivity index (χ2v) is 6.19. The molecule has 4 unspecified atom stereocenters. The van der Waals surface area contributed by atoms with Crippen LogP contribution >= 0.6 is 0 Å². The van der Waals surface area contributed by atoms with E-state index in [0.29, 0.717) is 12.8 Å². The van der Waals surface area contributed by atoms with Crippen LogP contribution in [-0.2, 0) is 9.59 Å². The molecule has 1 saturated carbocycles. The van der Waals surface area contributed by atoms with E-state index in [1.807, 2.05) is 13.8 Å². The van der Waals surface area contributed by atoms with Crippen molar-refractivity contribution in [1.29, 1.82) is 0 Å². The van der Waals surface area contributed by atoms with Crippen molar-refractivity contribution < 1.29 is 14.7 Å². The minimum Gasteiger partial charge on any atom is -0.388 e. The van der Waals surface area contributed by atoms with E-state index in [4.69, 9.17) is 0 Å². The Morgan fingerprint density at radius 2 is 1.63 bits per heavy atom. The van der Waals surface area contributed by atoms with Crippen molar-refractivity contribution >= 4 is 11.8 Å². The van der Waals surface area contributed by atoms with E-state index in [1.54, 1.807) is 0 Å². The monoisotopic (exact) mass is 263 g/mol. The first-order valence-electron chi connectivity index (χ1n) is 7.26. The number of likely N-dealkylation sites (tertiary alicyclic amines) is 1. The van der Waals surface area contributed by atoms with Crippen LogP contribution in [0.3, 0.4) is 0 Å². The maximum atomic E-state index is 12.5. The molecule has 4 heteroatoms. The lowest BCUT2D eigenvalue weighted by molar-refractivity contribution is -0.145. The molecule has 4 atom stereocenters. The Kier molecular flexibility index (Phi) is 2.82. The number of imide groups is 1. The summed E-state index contributed by atoms with van der Waals surface area (Å²) in [5.74, 6) is 0.0564. The summed E-state index contributed by atoms with van der Waals surface area (Å²) in [4.78, 5) is 26.2. The molecular weight excluding hydrogens is 242 g/mol. The largest absolute Gasteiger partial charge is 0.388 e. The first-order valence-corrected chi connectivity index (χ1v) is 7.26. The van der Waals surface area contributed by atoms with Gasteiger partial charge in [-0.2, -0.15) is 0 Å². The lowest BCUT2D eigenvalue weighted by Crippen LogP contribution is -2.46. The number of hydrogen-bond acceptors (Lipinski definition) is 3. The van der Waals surface area contributed by atoms with E-state index in [9.17, 15) is 14.7 Å². The maximum Gasteiger partial charge on any atom is 0.233 e. The Morgan fingerprint density at radius 3 is 2.05 bits per heavy atom. The molecule has 0 aromatic rings. The van der Waals surface area contributed by atoms with Crippen molar-refractivity contribution in [3.05, 3.63) is 12.2 Å². The average molecular weight is 263 g/mol. The molecule has 0 spiro atoms. The number of carbonyl (C=O) groups excluding carboxylic acids is 2. The minimum absolute atomic E-state index is 0.0628. The zero-order valence-electron chi connectivity index (χ0n) is 11.5. The smallest absolute Gasteiger partial charge is 0.233 e. The van der Waals surface area contributed by atoms with Crippen molar-refractivity contribution in [1.82, 2.24) is 4.90 Å². The molecule has 4 nitrogen and oxygen atoms in total. The van der Waals surface area contributed by atoms with Gasteiger partial charge < -0.3 is 5.11 Å². The predicted octanol–water partition coefficient (Wildman–Crippen LogP) is 1.34. The number of fused-ring (bicyclic) bond motifs is 5. The second kappa shape index (κ2) is 4.17. The molecule has 1 saturated heterocycles.